The molecule has 29 heavy (non-hydrogen) atoms. The van der Waals surface area contributed by atoms with Crippen LogP contribution in [0.5, 0.6) is 17.2 Å². The van der Waals surface area contributed by atoms with Crippen molar-refractivity contribution < 1.29 is 23.7 Å². The van der Waals surface area contributed by atoms with Crippen LogP contribution < -0.4 is 14.2 Å². The van der Waals surface area contributed by atoms with Crippen molar-refractivity contribution in [1.29, 1.82) is 0 Å². The molecule has 1 amide bonds. The van der Waals surface area contributed by atoms with Crippen LogP contribution in [0.4, 0.5) is 0 Å². The lowest BCUT2D eigenvalue weighted by Gasteiger charge is -2.34. The van der Waals surface area contributed by atoms with Gasteiger partial charge in [-0.1, -0.05) is 12.1 Å². The number of fused-ring (bicyclic) bond motifs is 1. The quantitative estimate of drug-likeness (QED) is 0.751. The van der Waals surface area contributed by atoms with E-state index >= 15 is 0 Å². The van der Waals surface area contributed by atoms with Gasteiger partial charge in [-0.05, 0) is 42.3 Å². The summed E-state index contributed by atoms with van der Waals surface area (Å²) < 4.78 is 22.0. The number of hydrogen-bond donors (Lipinski definition) is 0. The van der Waals surface area contributed by atoms with Gasteiger partial charge in [-0.2, -0.15) is 0 Å². The summed E-state index contributed by atoms with van der Waals surface area (Å²) in [4.78, 5) is 19.2. The topological polar surface area (TPSA) is 69.6 Å². The van der Waals surface area contributed by atoms with E-state index in [1.165, 1.54) is 0 Å². The summed E-state index contributed by atoms with van der Waals surface area (Å²) in [5, 5.41) is 0. The molecule has 152 valence electrons. The Hall–Kier alpha value is -3.22. The molecule has 0 saturated carbocycles. The van der Waals surface area contributed by atoms with Gasteiger partial charge in [0.05, 0.1) is 21.3 Å². The van der Waals surface area contributed by atoms with Crippen LogP contribution in [-0.2, 0) is 16.1 Å². The summed E-state index contributed by atoms with van der Waals surface area (Å²) in [6.07, 6.45) is 0.630. The third-order valence-electron chi connectivity index (χ3n) is 5.27. The van der Waals surface area contributed by atoms with Crippen LogP contribution in [0, 0.1) is 0 Å². The van der Waals surface area contributed by atoms with Crippen molar-refractivity contribution in [3.8, 4) is 17.2 Å². The summed E-state index contributed by atoms with van der Waals surface area (Å²) in [5.41, 5.74) is 1.82. The molecule has 7 nitrogen and oxygen atoms in total. The van der Waals surface area contributed by atoms with Gasteiger partial charge in [-0.25, -0.2) is 4.99 Å². The van der Waals surface area contributed by atoms with E-state index in [4.69, 9.17) is 23.9 Å². The van der Waals surface area contributed by atoms with Crippen molar-refractivity contribution in [2.75, 3.05) is 21.3 Å². The molecule has 2 heterocycles. The predicted molar refractivity (Wildman–Crippen MR) is 108 cm³/mol. The average Bonchev–Trinajstić information content (AvgIpc) is 3.20. The van der Waals surface area contributed by atoms with E-state index in [0.717, 1.165) is 16.9 Å². The number of carbonyl (C=O) groups is 1. The molecule has 0 N–H and O–H groups in total. The highest BCUT2D eigenvalue weighted by Crippen LogP contribution is 2.33. The SMILES string of the molecule is COc1ccc(CN2C(=O)CC[C@@H]3OC(c4ccc(OC)c(OC)c4)=N[C@@H]32)cc1. The number of likely N-dealkylation sites (tertiary alicyclic amines) is 1. The van der Waals surface area contributed by atoms with Crippen LogP contribution in [0.1, 0.15) is 24.0 Å². The molecule has 2 aromatic rings. The number of benzene rings is 2. The third kappa shape index (κ3) is 3.72. The average molecular weight is 396 g/mol. The molecule has 4 rings (SSSR count). The minimum atomic E-state index is -0.332. The molecule has 0 radical (unpaired) electrons. The number of ether oxygens (including phenoxy) is 4. The van der Waals surface area contributed by atoms with E-state index in [-0.39, 0.29) is 18.2 Å². The van der Waals surface area contributed by atoms with Crippen molar-refractivity contribution >= 4 is 11.8 Å². The van der Waals surface area contributed by atoms with E-state index in [1.807, 2.05) is 42.5 Å². The van der Waals surface area contributed by atoms with E-state index in [9.17, 15) is 4.79 Å². The molecule has 2 atom stereocenters. The van der Waals surface area contributed by atoms with Gasteiger partial charge in [-0.15, -0.1) is 0 Å². The zero-order valence-corrected chi connectivity index (χ0v) is 16.8. The van der Waals surface area contributed by atoms with Gasteiger partial charge in [0.1, 0.15) is 11.9 Å². The molecule has 0 bridgehead atoms. The Labute approximate surface area is 169 Å². The number of rotatable bonds is 6. The van der Waals surface area contributed by atoms with Gasteiger partial charge < -0.3 is 23.8 Å². The maximum absolute atomic E-state index is 12.6. The van der Waals surface area contributed by atoms with Crippen LogP contribution in [0.25, 0.3) is 0 Å². The summed E-state index contributed by atoms with van der Waals surface area (Å²) >= 11 is 0. The zero-order chi connectivity index (χ0) is 20.4. The second kappa shape index (κ2) is 8.03. The minimum Gasteiger partial charge on any atom is -0.497 e. The molecule has 2 aliphatic rings. The Bertz CT molecular complexity index is 925. The molecular weight excluding hydrogens is 372 g/mol. The molecule has 1 fully saturated rings. The van der Waals surface area contributed by atoms with Gasteiger partial charge in [0.25, 0.3) is 0 Å². The Morgan fingerprint density at radius 2 is 1.79 bits per heavy atom. The molecule has 0 spiro atoms. The number of hydrogen-bond acceptors (Lipinski definition) is 6. The number of aliphatic imine (C=N–C) groups is 1. The highest BCUT2D eigenvalue weighted by Gasteiger charge is 2.42. The molecule has 2 aromatic carbocycles. The Morgan fingerprint density at radius 1 is 1.03 bits per heavy atom. The number of piperidine rings is 1. The summed E-state index contributed by atoms with van der Waals surface area (Å²) in [7, 11) is 4.82. The number of methoxy groups -OCH3 is 3. The van der Waals surface area contributed by atoms with E-state index in [0.29, 0.717) is 36.8 Å². The summed E-state index contributed by atoms with van der Waals surface area (Å²) in [6.45, 7) is 0.482. The lowest BCUT2D eigenvalue weighted by molar-refractivity contribution is -0.140. The lowest BCUT2D eigenvalue weighted by atomic mass is 10.0. The molecule has 0 aliphatic carbocycles. The van der Waals surface area contributed by atoms with E-state index < -0.39 is 0 Å². The zero-order valence-electron chi connectivity index (χ0n) is 16.8. The Kier molecular flexibility index (Phi) is 5.29. The largest absolute Gasteiger partial charge is 0.497 e. The van der Waals surface area contributed by atoms with Crippen molar-refractivity contribution in [2.24, 2.45) is 4.99 Å². The first kappa shape index (κ1) is 19.1. The summed E-state index contributed by atoms with van der Waals surface area (Å²) in [5.74, 6) is 2.65. The van der Waals surface area contributed by atoms with Gasteiger partial charge in [0, 0.05) is 18.5 Å². The van der Waals surface area contributed by atoms with Gasteiger partial charge in [0.15, 0.2) is 17.7 Å². The first-order valence-electron chi connectivity index (χ1n) is 9.52. The first-order chi connectivity index (χ1) is 14.1. The Balaban J connectivity index is 1.58. The molecule has 2 aliphatic heterocycles. The van der Waals surface area contributed by atoms with Gasteiger partial charge >= 0.3 is 0 Å². The van der Waals surface area contributed by atoms with E-state index in [1.54, 1.807) is 26.2 Å². The van der Waals surface area contributed by atoms with Crippen LogP contribution in [0.3, 0.4) is 0 Å². The molecule has 0 unspecified atom stereocenters. The monoisotopic (exact) mass is 396 g/mol. The molecule has 7 heteroatoms. The highest BCUT2D eigenvalue weighted by atomic mass is 16.5. The van der Waals surface area contributed by atoms with Crippen LogP contribution in [0.2, 0.25) is 0 Å². The molecule has 1 saturated heterocycles. The number of amides is 1. The highest BCUT2D eigenvalue weighted by molar-refractivity contribution is 5.96. The maximum Gasteiger partial charge on any atom is 0.224 e. The second-order valence-electron chi connectivity index (χ2n) is 6.98. The molecular formula is C22H24N2O5. The first-order valence-corrected chi connectivity index (χ1v) is 9.52. The standard InChI is InChI=1S/C22H24N2O5/c1-26-16-7-4-14(5-8-16)13-24-20(25)11-10-18-21(24)23-22(29-18)15-6-9-17(27-2)19(12-15)28-3/h4-9,12,18,21H,10-11,13H2,1-3H3/t18-,21+/m0/s1. The second-order valence-corrected chi connectivity index (χ2v) is 6.98. The number of nitrogens with zero attached hydrogens (tertiary/aromatic N) is 2. The Morgan fingerprint density at radius 3 is 2.48 bits per heavy atom. The van der Waals surface area contributed by atoms with Gasteiger partial charge in [0.2, 0.25) is 11.8 Å². The van der Waals surface area contributed by atoms with E-state index in [2.05, 4.69) is 0 Å². The maximum atomic E-state index is 12.6. The fourth-order valence-corrected chi connectivity index (χ4v) is 3.69. The fourth-order valence-electron chi connectivity index (χ4n) is 3.69. The van der Waals surface area contributed by atoms with Gasteiger partial charge in [-0.3, -0.25) is 4.79 Å². The van der Waals surface area contributed by atoms with Crippen LogP contribution in [-0.4, -0.2) is 50.3 Å². The van der Waals surface area contributed by atoms with Crippen molar-refractivity contribution in [1.82, 2.24) is 4.90 Å². The smallest absolute Gasteiger partial charge is 0.224 e. The minimum absolute atomic E-state index is 0.0861. The number of carbonyl (C=O) groups excluding carboxylic acids is 1. The summed E-state index contributed by atoms with van der Waals surface area (Å²) in [6, 6.07) is 13.3. The van der Waals surface area contributed by atoms with Crippen molar-refractivity contribution in [2.45, 2.75) is 31.7 Å². The molecule has 0 aromatic heterocycles. The third-order valence-corrected chi connectivity index (χ3v) is 5.27. The predicted octanol–water partition coefficient (Wildman–Crippen LogP) is 3.01. The normalized spacial score (nSPS) is 20.6. The fraction of sp³-hybridized carbons (Fsp3) is 0.364. The van der Waals surface area contributed by atoms with Crippen LogP contribution in [0.15, 0.2) is 47.5 Å². The van der Waals surface area contributed by atoms with Crippen LogP contribution >= 0.6 is 0 Å². The van der Waals surface area contributed by atoms with Crippen molar-refractivity contribution in [3.63, 3.8) is 0 Å². The lowest BCUT2D eigenvalue weighted by Crippen LogP contribution is -2.48. The van der Waals surface area contributed by atoms with Crippen molar-refractivity contribution in [3.05, 3.63) is 53.6 Å².